The minimum atomic E-state index is -0.666. The number of aryl methyl sites for hydroxylation is 1. The summed E-state index contributed by atoms with van der Waals surface area (Å²) >= 11 is 0. The molecule has 4 heteroatoms. The largest absolute Gasteiger partial charge is 0.469 e. The molecular weight excluding hydrogens is 254 g/mol. The maximum Gasteiger partial charge on any atom is 0.305 e. The van der Waals surface area contributed by atoms with E-state index in [1.54, 1.807) is 6.08 Å². The Labute approximate surface area is 120 Å². The number of hydrogen-bond acceptors (Lipinski definition) is 4. The summed E-state index contributed by atoms with van der Waals surface area (Å²) in [7, 11) is 1.37. The second-order valence-electron chi connectivity index (χ2n) is 4.77. The maximum atomic E-state index is 11.2. The van der Waals surface area contributed by atoms with Gasteiger partial charge in [-0.1, -0.05) is 35.9 Å². The van der Waals surface area contributed by atoms with Gasteiger partial charge in [-0.15, -0.1) is 6.58 Å². The minimum absolute atomic E-state index is 0.213. The Kier molecular flexibility index (Phi) is 6.98. The zero-order chi connectivity index (χ0) is 15.0. The second-order valence-corrected chi connectivity index (χ2v) is 4.77. The van der Waals surface area contributed by atoms with Crippen LogP contribution in [0, 0.1) is 6.92 Å². The van der Waals surface area contributed by atoms with Crippen LogP contribution in [0.2, 0.25) is 0 Å². The summed E-state index contributed by atoms with van der Waals surface area (Å²) < 4.78 is 4.64. The standard InChI is InChI=1S/C16H23NO3/c1-4-11-17-14(9-10-15(18)20-3)16(19)13-7-5-12(2)6-8-13/h4-8,14,16-17,19H,1,9-11H2,2-3H3. The Hall–Kier alpha value is -1.65. The molecule has 0 aliphatic heterocycles. The smallest absolute Gasteiger partial charge is 0.305 e. The first-order valence-electron chi connectivity index (χ1n) is 6.74. The Bertz CT molecular complexity index is 428. The van der Waals surface area contributed by atoms with Crippen LogP contribution in [0.25, 0.3) is 0 Å². The van der Waals surface area contributed by atoms with Crippen molar-refractivity contribution >= 4 is 5.97 Å². The van der Waals surface area contributed by atoms with Gasteiger partial charge in [0.25, 0.3) is 0 Å². The molecule has 0 saturated carbocycles. The SMILES string of the molecule is C=CCNC(CCC(=O)OC)C(O)c1ccc(C)cc1. The van der Waals surface area contributed by atoms with Gasteiger partial charge in [-0.3, -0.25) is 4.79 Å². The molecule has 0 fully saturated rings. The fraction of sp³-hybridized carbons (Fsp3) is 0.438. The third-order valence-electron chi connectivity index (χ3n) is 3.21. The molecule has 0 spiro atoms. The summed E-state index contributed by atoms with van der Waals surface area (Å²) in [5.74, 6) is -0.272. The number of aliphatic hydroxyl groups excluding tert-OH is 1. The molecule has 20 heavy (non-hydrogen) atoms. The number of ether oxygens (including phenoxy) is 1. The van der Waals surface area contributed by atoms with E-state index >= 15 is 0 Å². The van der Waals surface area contributed by atoms with Crippen LogP contribution < -0.4 is 5.32 Å². The van der Waals surface area contributed by atoms with Gasteiger partial charge in [0.2, 0.25) is 0 Å². The molecule has 4 nitrogen and oxygen atoms in total. The van der Waals surface area contributed by atoms with Crippen molar-refractivity contribution in [3.05, 3.63) is 48.0 Å². The summed E-state index contributed by atoms with van der Waals surface area (Å²) in [4.78, 5) is 11.2. The van der Waals surface area contributed by atoms with Crippen LogP contribution in [0.1, 0.15) is 30.1 Å². The molecule has 2 N–H and O–H groups in total. The van der Waals surface area contributed by atoms with Gasteiger partial charge in [-0.2, -0.15) is 0 Å². The summed E-state index contributed by atoms with van der Waals surface area (Å²) in [6.07, 6.45) is 1.84. The van der Waals surface area contributed by atoms with Crippen LogP contribution >= 0.6 is 0 Å². The molecule has 0 bridgehead atoms. The van der Waals surface area contributed by atoms with E-state index in [0.717, 1.165) is 11.1 Å². The van der Waals surface area contributed by atoms with Crippen molar-refractivity contribution in [2.75, 3.05) is 13.7 Å². The molecule has 0 aliphatic carbocycles. The number of carbonyl (C=O) groups excluding carboxylic acids is 1. The molecule has 0 radical (unpaired) electrons. The Balaban J connectivity index is 2.72. The van der Waals surface area contributed by atoms with Crippen molar-refractivity contribution in [1.82, 2.24) is 5.32 Å². The summed E-state index contributed by atoms with van der Waals surface area (Å²) in [5.41, 5.74) is 1.98. The number of nitrogens with one attached hydrogen (secondary N) is 1. The summed E-state index contributed by atoms with van der Waals surface area (Å²) in [6, 6.07) is 7.52. The fourth-order valence-corrected chi connectivity index (χ4v) is 1.98. The van der Waals surface area contributed by atoms with Gasteiger partial charge in [0, 0.05) is 19.0 Å². The lowest BCUT2D eigenvalue weighted by Crippen LogP contribution is -2.35. The lowest BCUT2D eigenvalue weighted by Gasteiger charge is -2.24. The Morgan fingerprint density at radius 3 is 2.65 bits per heavy atom. The number of benzene rings is 1. The van der Waals surface area contributed by atoms with Crippen LogP contribution in [0.15, 0.2) is 36.9 Å². The van der Waals surface area contributed by atoms with E-state index in [2.05, 4.69) is 16.6 Å². The summed E-state index contributed by atoms with van der Waals surface area (Å²) in [5, 5.41) is 13.6. The lowest BCUT2D eigenvalue weighted by molar-refractivity contribution is -0.141. The summed E-state index contributed by atoms with van der Waals surface area (Å²) in [6.45, 7) is 6.23. The molecule has 1 aromatic carbocycles. The number of methoxy groups -OCH3 is 1. The van der Waals surface area contributed by atoms with Crippen LogP contribution in [-0.2, 0) is 9.53 Å². The minimum Gasteiger partial charge on any atom is -0.469 e. The highest BCUT2D eigenvalue weighted by atomic mass is 16.5. The van der Waals surface area contributed by atoms with E-state index in [9.17, 15) is 9.90 Å². The number of aliphatic hydroxyl groups is 1. The van der Waals surface area contributed by atoms with Gasteiger partial charge < -0.3 is 15.2 Å². The van der Waals surface area contributed by atoms with Gasteiger partial charge >= 0.3 is 5.97 Å². The molecule has 0 aromatic heterocycles. The number of esters is 1. The highest BCUT2D eigenvalue weighted by Gasteiger charge is 2.21. The molecule has 0 heterocycles. The molecule has 110 valence electrons. The van der Waals surface area contributed by atoms with E-state index in [1.807, 2.05) is 31.2 Å². The van der Waals surface area contributed by atoms with E-state index in [1.165, 1.54) is 7.11 Å². The number of hydrogen-bond donors (Lipinski definition) is 2. The number of carbonyl (C=O) groups is 1. The molecule has 2 atom stereocenters. The van der Waals surface area contributed by atoms with Crippen LogP contribution in [-0.4, -0.2) is 30.8 Å². The predicted octanol–water partition coefficient (Wildman–Crippen LogP) is 2.13. The van der Waals surface area contributed by atoms with Crippen molar-refractivity contribution in [3.63, 3.8) is 0 Å². The van der Waals surface area contributed by atoms with E-state index < -0.39 is 6.10 Å². The van der Waals surface area contributed by atoms with Crippen molar-refractivity contribution in [2.45, 2.75) is 31.9 Å². The van der Waals surface area contributed by atoms with Crippen LogP contribution in [0.3, 0.4) is 0 Å². The highest BCUT2D eigenvalue weighted by molar-refractivity contribution is 5.69. The third kappa shape index (κ3) is 5.15. The zero-order valence-electron chi connectivity index (χ0n) is 12.1. The topological polar surface area (TPSA) is 58.6 Å². The third-order valence-corrected chi connectivity index (χ3v) is 3.21. The molecule has 0 amide bonds. The van der Waals surface area contributed by atoms with Crippen molar-refractivity contribution < 1.29 is 14.6 Å². The van der Waals surface area contributed by atoms with Crippen molar-refractivity contribution in [3.8, 4) is 0 Å². The van der Waals surface area contributed by atoms with Crippen molar-refractivity contribution in [2.24, 2.45) is 0 Å². The molecule has 0 aliphatic rings. The van der Waals surface area contributed by atoms with Crippen molar-refractivity contribution in [1.29, 1.82) is 0 Å². The lowest BCUT2D eigenvalue weighted by atomic mass is 9.97. The fourth-order valence-electron chi connectivity index (χ4n) is 1.98. The number of rotatable bonds is 8. The average Bonchev–Trinajstić information content (AvgIpc) is 2.47. The van der Waals surface area contributed by atoms with Gasteiger partial charge in [0.1, 0.15) is 0 Å². The van der Waals surface area contributed by atoms with Gasteiger partial charge in [-0.25, -0.2) is 0 Å². The van der Waals surface area contributed by atoms with Gasteiger partial charge in [0.05, 0.1) is 13.2 Å². The molecule has 1 rings (SSSR count). The first kappa shape index (κ1) is 16.4. The highest BCUT2D eigenvalue weighted by Crippen LogP contribution is 2.20. The monoisotopic (exact) mass is 277 g/mol. The molecular formula is C16H23NO3. The average molecular weight is 277 g/mol. The van der Waals surface area contributed by atoms with Crippen LogP contribution in [0.5, 0.6) is 0 Å². The Morgan fingerprint density at radius 2 is 2.10 bits per heavy atom. The molecule has 1 aromatic rings. The molecule has 2 unspecified atom stereocenters. The van der Waals surface area contributed by atoms with Gasteiger partial charge in [0.15, 0.2) is 0 Å². The predicted molar refractivity (Wildman–Crippen MR) is 79.4 cm³/mol. The normalized spacial score (nSPS) is 13.6. The second kappa shape index (κ2) is 8.51. The Morgan fingerprint density at radius 1 is 1.45 bits per heavy atom. The first-order chi connectivity index (χ1) is 9.58. The van der Waals surface area contributed by atoms with Crippen LogP contribution in [0.4, 0.5) is 0 Å². The van der Waals surface area contributed by atoms with Gasteiger partial charge in [-0.05, 0) is 18.9 Å². The molecule has 0 saturated heterocycles. The maximum absolute atomic E-state index is 11.2. The van der Waals surface area contributed by atoms with E-state index in [-0.39, 0.29) is 18.4 Å². The first-order valence-corrected chi connectivity index (χ1v) is 6.74. The zero-order valence-corrected chi connectivity index (χ0v) is 12.1. The van der Waals surface area contributed by atoms with E-state index in [0.29, 0.717) is 13.0 Å². The van der Waals surface area contributed by atoms with E-state index in [4.69, 9.17) is 0 Å². The quantitative estimate of drug-likeness (QED) is 0.564.